The van der Waals surface area contributed by atoms with E-state index < -0.39 is 18.2 Å². The Kier molecular flexibility index (Phi) is 7.52. The highest BCUT2D eigenvalue weighted by molar-refractivity contribution is 7.99. The molecule has 0 spiro atoms. The molecule has 1 aromatic heterocycles. The fourth-order valence-electron chi connectivity index (χ4n) is 3.28. The number of thioether (sulfide) groups is 1. The van der Waals surface area contributed by atoms with Gasteiger partial charge in [-0.2, -0.15) is 0 Å². The molecular weight excluding hydrogens is 432 g/mol. The third-order valence-electron chi connectivity index (χ3n) is 4.87. The largest absolute Gasteiger partial charge is 0.425 e. The number of nitrogens with one attached hydrogen (secondary N) is 3. The minimum Gasteiger partial charge on any atom is -0.425 e. The fraction of sp³-hybridized carbons (Fsp3) is 0.381. The third-order valence-corrected chi connectivity index (χ3v) is 5.78. The highest BCUT2D eigenvalue weighted by Gasteiger charge is 2.21. The molecule has 2 aromatic rings. The zero-order chi connectivity index (χ0) is 23.3. The molecule has 3 rings (SSSR count). The molecule has 1 aliphatic heterocycles. The number of hydrogen-bond acceptors (Lipinski definition) is 8. The minimum atomic E-state index is -0.921. The summed E-state index contributed by atoms with van der Waals surface area (Å²) < 4.78 is 5.26. The molecule has 11 heteroatoms. The number of nitrogen functional groups attached to an aromatic ring is 1. The summed E-state index contributed by atoms with van der Waals surface area (Å²) >= 11 is 1.40. The van der Waals surface area contributed by atoms with Gasteiger partial charge in [0.1, 0.15) is 5.03 Å². The summed E-state index contributed by atoms with van der Waals surface area (Å²) in [5, 5.41) is 8.51. The van der Waals surface area contributed by atoms with Gasteiger partial charge in [-0.05, 0) is 37.1 Å². The van der Waals surface area contributed by atoms with Gasteiger partial charge in [0.25, 0.3) is 5.91 Å². The third kappa shape index (κ3) is 5.88. The molecule has 170 valence electrons. The van der Waals surface area contributed by atoms with Gasteiger partial charge in [0, 0.05) is 43.3 Å². The van der Waals surface area contributed by atoms with Crippen molar-refractivity contribution in [3.8, 4) is 11.3 Å². The van der Waals surface area contributed by atoms with Crippen molar-refractivity contribution in [3.63, 3.8) is 0 Å². The monoisotopic (exact) mass is 458 g/mol. The Morgan fingerprint density at radius 3 is 2.69 bits per heavy atom. The maximum atomic E-state index is 13.1. The van der Waals surface area contributed by atoms with Crippen molar-refractivity contribution in [2.24, 2.45) is 0 Å². The lowest BCUT2D eigenvalue weighted by molar-refractivity contribution is -0.120. The maximum absolute atomic E-state index is 13.1. The average Bonchev–Trinajstić information content (AvgIpc) is 2.72. The second kappa shape index (κ2) is 10.3. The molecule has 1 atom stereocenters. The van der Waals surface area contributed by atoms with Crippen LogP contribution in [-0.2, 0) is 9.53 Å². The number of nitrogens with two attached hydrogens (primary N) is 1. The highest BCUT2D eigenvalue weighted by atomic mass is 32.2. The second-order valence-corrected chi connectivity index (χ2v) is 8.40. The Balaban J connectivity index is 2.03. The quantitative estimate of drug-likeness (QED) is 0.473. The van der Waals surface area contributed by atoms with Crippen LogP contribution in [0.1, 0.15) is 34.3 Å². The number of amides is 3. The summed E-state index contributed by atoms with van der Waals surface area (Å²) in [6.45, 7) is 3.98. The van der Waals surface area contributed by atoms with Crippen LogP contribution in [0.15, 0.2) is 23.2 Å². The van der Waals surface area contributed by atoms with E-state index in [0.29, 0.717) is 22.0 Å². The van der Waals surface area contributed by atoms with E-state index in [2.05, 4.69) is 25.9 Å². The van der Waals surface area contributed by atoms with Gasteiger partial charge in [-0.25, -0.2) is 14.8 Å². The van der Waals surface area contributed by atoms with Crippen molar-refractivity contribution in [1.82, 2.24) is 25.9 Å². The smallest absolute Gasteiger partial charge is 0.408 e. The molecule has 0 unspecified atom stereocenters. The number of rotatable bonds is 1. The average molecular weight is 459 g/mol. The predicted molar refractivity (Wildman–Crippen MR) is 121 cm³/mol. The van der Waals surface area contributed by atoms with E-state index in [4.69, 9.17) is 10.5 Å². The number of ether oxygens (including phenoxy) is 1. The molecule has 10 nitrogen and oxygen atoms in total. The van der Waals surface area contributed by atoms with E-state index in [1.807, 2.05) is 19.9 Å². The Bertz CT molecular complexity index is 1050. The lowest BCUT2D eigenvalue weighted by Crippen LogP contribution is -2.42. The van der Waals surface area contributed by atoms with Gasteiger partial charge in [-0.15, -0.1) is 11.8 Å². The van der Waals surface area contributed by atoms with E-state index in [1.54, 1.807) is 12.1 Å². The van der Waals surface area contributed by atoms with Gasteiger partial charge in [0.05, 0.1) is 5.69 Å². The number of alkyl carbamates (subject to hydrolysis) is 1. The zero-order valence-corrected chi connectivity index (χ0v) is 19.0. The van der Waals surface area contributed by atoms with Crippen molar-refractivity contribution in [2.45, 2.75) is 37.9 Å². The minimum absolute atomic E-state index is 0.112. The summed E-state index contributed by atoms with van der Waals surface area (Å²) in [5.41, 5.74) is 9.34. The first-order valence-electron chi connectivity index (χ1n) is 10.1. The Labute approximate surface area is 190 Å². The Hall–Kier alpha value is -3.34. The van der Waals surface area contributed by atoms with Crippen LogP contribution in [-0.4, -0.2) is 53.4 Å². The van der Waals surface area contributed by atoms with Gasteiger partial charge in [-0.1, -0.05) is 6.07 Å². The predicted octanol–water partition coefficient (Wildman–Crippen LogP) is 1.76. The molecule has 32 heavy (non-hydrogen) atoms. The van der Waals surface area contributed by atoms with E-state index in [1.165, 1.54) is 18.8 Å². The van der Waals surface area contributed by atoms with Gasteiger partial charge in [-0.3, -0.25) is 9.59 Å². The Morgan fingerprint density at radius 2 is 1.94 bits per heavy atom. The molecule has 1 aromatic carbocycles. The number of anilines is 1. The first kappa shape index (κ1) is 23.3. The number of aryl methyl sites for hydroxylation is 2. The zero-order valence-electron chi connectivity index (χ0n) is 18.2. The molecule has 2 heterocycles. The van der Waals surface area contributed by atoms with Crippen LogP contribution in [0.4, 0.5) is 10.7 Å². The maximum Gasteiger partial charge on any atom is 0.408 e. The Morgan fingerprint density at radius 1 is 1.19 bits per heavy atom. The molecular formula is C21H26N6O4S. The van der Waals surface area contributed by atoms with Gasteiger partial charge >= 0.3 is 6.09 Å². The van der Waals surface area contributed by atoms with Crippen LogP contribution < -0.4 is 21.7 Å². The van der Waals surface area contributed by atoms with Crippen LogP contribution in [0.3, 0.4) is 0 Å². The fourth-order valence-corrected chi connectivity index (χ4v) is 4.13. The van der Waals surface area contributed by atoms with Crippen molar-refractivity contribution in [1.29, 1.82) is 0 Å². The molecule has 1 aliphatic rings. The molecule has 0 fully saturated rings. The molecule has 4 bridgehead atoms. The van der Waals surface area contributed by atoms with Crippen LogP contribution in [0.2, 0.25) is 0 Å². The molecule has 0 radical (unpaired) electrons. The number of aromatic nitrogens is 2. The second-order valence-electron chi connectivity index (χ2n) is 7.29. The number of hydrogen-bond donors (Lipinski definition) is 4. The summed E-state index contributed by atoms with van der Waals surface area (Å²) in [4.78, 5) is 45.5. The van der Waals surface area contributed by atoms with Crippen molar-refractivity contribution < 1.29 is 19.1 Å². The summed E-state index contributed by atoms with van der Waals surface area (Å²) in [6.07, 6.45) is -1.12. The highest BCUT2D eigenvalue weighted by Crippen LogP contribution is 2.29. The number of carbonyl (C=O) groups is 3. The van der Waals surface area contributed by atoms with Gasteiger partial charge in [0.15, 0.2) is 6.23 Å². The number of nitrogens with zero attached hydrogens (tertiary/aromatic N) is 2. The summed E-state index contributed by atoms with van der Waals surface area (Å²) in [6, 6.07) is 5.44. The van der Waals surface area contributed by atoms with Crippen LogP contribution in [0.5, 0.6) is 0 Å². The number of fused-ring (bicyclic) bond motifs is 5. The molecule has 0 saturated carbocycles. The normalized spacial score (nSPS) is 17.2. The van der Waals surface area contributed by atoms with E-state index in [9.17, 15) is 14.4 Å². The standard InChI is InChI=1S/C21H26N6O4S/c1-11-8-12(2)14-9-13(11)15-10-18(27-20(22)25-15)32-7-5-16(28)24-6-4-17(26-19(14)29)31-21(30)23-3/h8-10,17H,4-7H2,1-3H3,(H,23,30)(H,24,28)(H,26,29)(H2,22,25,27)/t17-/m0/s1. The number of carbonyl (C=O) groups excluding carboxylic acids is 3. The van der Waals surface area contributed by atoms with Gasteiger partial charge in [0.2, 0.25) is 11.9 Å². The topological polar surface area (TPSA) is 148 Å². The first-order valence-corrected chi connectivity index (χ1v) is 11.1. The van der Waals surface area contributed by atoms with Crippen molar-refractivity contribution in [3.05, 3.63) is 34.9 Å². The van der Waals surface area contributed by atoms with Crippen LogP contribution in [0.25, 0.3) is 11.3 Å². The lowest BCUT2D eigenvalue weighted by atomic mass is 9.97. The molecule has 3 amide bonds. The summed E-state index contributed by atoms with van der Waals surface area (Å²) in [7, 11) is 1.43. The number of benzene rings is 1. The summed E-state index contributed by atoms with van der Waals surface area (Å²) in [5.74, 6) is 0.0523. The van der Waals surface area contributed by atoms with E-state index in [-0.39, 0.29) is 31.2 Å². The SMILES string of the molecule is CNC(=O)O[C@H]1CCNC(=O)CCSc2cc(nc(N)n2)-c2cc(c(C)cc2C)C(=O)N1. The van der Waals surface area contributed by atoms with Gasteiger partial charge < -0.3 is 26.4 Å². The van der Waals surface area contributed by atoms with Crippen molar-refractivity contribution in [2.75, 3.05) is 25.1 Å². The van der Waals surface area contributed by atoms with Crippen LogP contribution in [0, 0.1) is 13.8 Å². The lowest BCUT2D eigenvalue weighted by Gasteiger charge is -2.21. The molecule has 0 aliphatic carbocycles. The van der Waals surface area contributed by atoms with E-state index in [0.717, 1.165) is 16.7 Å². The first-order chi connectivity index (χ1) is 15.3. The van der Waals surface area contributed by atoms with Crippen LogP contribution >= 0.6 is 11.8 Å². The van der Waals surface area contributed by atoms with E-state index >= 15 is 0 Å². The van der Waals surface area contributed by atoms with Crippen molar-refractivity contribution >= 4 is 35.6 Å². The molecule has 0 saturated heterocycles. The molecule has 5 N–H and O–H groups in total.